The second-order valence-corrected chi connectivity index (χ2v) is 8.64. The Hall–Kier alpha value is -2.25. The van der Waals surface area contributed by atoms with Crippen molar-refractivity contribution < 1.29 is 17.9 Å². The molecule has 0 aromatic heterocycles. The third-order valence-electron chi connectivity index (χ3n) is 4.10. The molecule has 0 bridgehead atoms. The first-order chi connectivity index (χ1) is 12.6. The topological polar surface area (TPSA) is 75.7 Å². The number of rotatable bonds is 7. The molecule has 2 aromatic carbocycles. The van der Waals surface area contributed by atoms with Crippen molar-refractivity contribution >= 4 is 38.9 Å². The summed E-state index contributed by atoms with van der Waals surface area (Å²) < 4.78 is 30.1. The summed E-state index contributed by atoms with van der Waals surface area (Å²) in [4.78, 5) is 12.6. The molecular weight excluding hydrogens is 388 g/mol. The second-order valence-electron chi connectivity index (χ2n) is 6.19. The number of nitrogens with one attached hydrogen (secondary N) is 1. The summed E-state index contributed by atoms with van der Waals surface area (Å²) >= 11 is 5.99. The molecule has 0 saturated carbocycles. The Morgan fingerprint density at radius 2 is 1.85 bits per heavy atom. The van der Waals surface area contributed by atoms with Crippen molar-refractivity contribution in [2.24, 2.45) is 0 Å². The molecule has 6 nitrogen and oxygen atoms in total. The fourth-order valence-electron chi connectivity index (χ4n) is 2.35. The minimum absolute atomic E-state index is 0.278. The number of carbonyl (C=O) groups excluding carboxylic acids is 1. The van der Waals surface area contributed by atoms with Crippen LogP contribution in [0.4, 0.5) is 11.4 Å². The number of benzene rings is 2. The van der Waals surface area contributed by atoms with E-state index in [1.807, 2.05) is 19.9 Å². The summed E-state index contributed by atoms with van der Waals surface area (Å²) in [5.41, 5.74) is 2.05. The van der Waals surface area contributed by atoms with E-state index in [1.165, 1.54) is 11.4 Å². The van der Waals surface area contributed by atoms with Gasteiger partial charge in [0.2, 0.25) is 10.0 Å². The average Bonchev–Trinajstić information content (AvgIpc) is 2.61. The average molecular weight is 411 g/mol. The molecule has 0 aliphatic rings. The molecule has 0 unspecified atom stereocenters. The van der Waals surface area contributed by atoms with E-state index in [9.17, 15) is 13.2 Å². The lowest BCUT2D eigenvalue weighted by Gasteiger charge is -2.20. The molecule has 0 spiro atoms. The van der Waals surface area contributed by atoms with Gasteiger partial charge in [-0.3, -0.25) is 9.10 Å². The van der Waals surface area contributed by atoms with Gasteiger partial charge in [0.1, 0.15) is 5.75 Å². The summed E-state index contributed by atoms with van der Waals surface area (Å²) in [5, 5.41) is 3.37. The van der Waals surface area contributed by atoms with Gasteiger partial charge in [0, 0.05) is 17.8 Å². The molecule has 0 saturated heterocycles. The van der Waals surface area contributed by atoms with Gasteiger partial charge in [-0.05, 0) is 55.3 Å². The molecular formula is C19H23ClN2O4S. The highest BCUT2D eigenvalue weighted by Gasteiger charge is 2.20. The van der Waals surface area contributed by atoms with Crippen molar-refractivity contribution in [3.05, 3.63) is 53.1 Å². The molecule has 0 aliphatic heterocycles. The number of hydrogen-bond donors (Lipinski definition) is 1. The van der Waals surface area contributed by atoms with Crippen molar-refractivity contribution in [2.75, 3.05) is 22.9 Å². The number of aryl methyl sites for hydroxylation is 1. The van der Waals surface area contributed by atoms with Gasteiger partial charge in [0.15, 0.2) is 6.10 Å². The first-order valence-electron chi connectivity index (χ1n) is 8.39. The van der Waals surface area contributed by atoms with Crippen LogP contribution in [0.5, 0.6) is 5.75 Å². The Morgan fingerprint density at radius 3 is 2.41 bits per heavy atom. The molecule has 1 amide bonds. The zero-order valence-electron chi connectivity index (χ0n) is 15.7. The molecule has 2 aromatic rings. The summed E-state index contributed by atoms with van der Waals surface area (Å²) in [5.74, 6) is 0.200. The monoisotopic (exact) mass is 410 g/mol. The van der Waals surface area contributed by atoms with Crippen molar-refractivity contribution in [1.82, 2.24) is 0 Å². The van der Waals surface area contributed by atoms with E-state index in [0.29, 0.717) is 28.6 Å². The number of hydrogen-bond acceptors (Lipinski definition) is 4. The van der Waals surface area contributed by atoms with Gasteiger partial charge in [-0.1, -0.05) is 24.6 Å². The molecule has 0 aliphatic carbocycles. The maximum absolute atomic E-state index is 12.6. The van der Waals surface area contributed by atoms with Crippen LogP contribution in [-0.2, 0) is 14.8 Å². The van der Waals surface area contributed by atoms with Gasteiger partial charge < -0.3 is 10.1 Å². The number of amides is 1. The number of halogens is 1. The van der Waals surface area contributed by atoms with E-state index < -0.39 is 16.1 Å². The Bertz CT molecular complexity index is 914. The second kappa shape index (κ2) is 8.63. The van der Waals surface area contributed by atoms with E-state index in [4.69, 9.17) is 16.3 Å². The summed E-state index contributed by atoms with van der Waals surface area (Å²) in [6.45, 7) is 3.73. The molecule has 0 fully saturated rings. The Balaban J connectivity index is 2.10. The quantitative estimate of drug-likeness (QED) is 0.752. The normalized spacial score (nSPS) is 12.3. The van der Waals surface area contributed by atoms with Gasteiger partial charge in [-0.25, -0.2) is 8.42 Å². The fraction of sp³-hybridized carbons (Fsp3) is 0.316. The number of sulfonamides is 1. The van der Waals surface area contributed by atoms with Crippen molar-refractivity contribution in [3.8, 4) is 5.75 Å². The van der Waals surface area contributed by atoms with E-state index in [-0.39, 0.29) is 5.91 Å². The third kappa shape index (κ3) is 5.61. The molecule has 2 rings (SSSR count). The molecule has 1 atom stereocenters. The minimum Gasteiger partial charge on any atom is -0.481 e. The highest BCUT2D eigenvalue weighted by atomic mass is 35.5. The maximum atomic E-state index is 12.6. The number of ether oxygens (including phenoxy) is 1. The van der Waals surface area contributed by atoms with Gasteiger partial charge in [0.05, 0.1) is 11.9 Å². The predicted molar refractivity (Wildman–Crippen MR) is 109 cm³/mol. The number of carbonyl (C=O) groups is 1. The van der Waals surface area contributed by atoms with Crippen molar-refractivity contribution in [2.45, 2.75) is 26.4 Å². The zero-order valence-corrected chi connectivity index (χ0v) is 17.3. The van der Waals surface area contributed by atoms with Crippen LogP contribution in [0.25, 0.3) is 0 Å². The van der Waals surface area contributed by atoms with Crippen LogP contribution in [0, 0.1) is 6.92 Å². The Kier molecular flexibility index (Phi) is 6.73. The molecule has 1 N–H and O–H groups in total. The zero-order chi connectivity index (χ0) is 20.2. The Morgan fingerprint density at radius 1 is 1.22 bits per heavy atom. The van der Waals surface area contributed by atoms with Crippen LogP contribution >= 0.6 is 11.6 Å². The van der Waals surface area contributed by atoms with Crippen molar-refractivity contribution in [3.63, 3.8) is 0 Å². The van der Waals surface area contributed by atoms with E-state index >= 15 is 0 Å². The lowest BCUT2D eigenvalue weighted by molar-refractivity contribution is -0.122. The summed E-state index contributed by atoms with van der Waals surface area (Å²) in [7, 11) is -1.86. The van der Waals surface area contributed by atoms with Crippen LogP contribution in [0.2, 0.25) is 5.02 Å². The van der Waals surface area contributed by atoms with Crippen molar-refractivity contribution in [1.29, 1.82) is 0 Å². The SMILES string of the molecule is CC[C@@H](Oc1ccc(N(C)S(C)(=O)=O)cc1)C(=O)Nc1cc(Cl)ccc1C. The smallest absolute Gasteiger partial charge is 0.265 e. The van der Waals surface area contributed by atoms with Crippen LogP contribution in [0.15, 0.2) is 42.5 Å². The summed E-state index contributed by atoms with van der Waals surface area (Å²) in [6, 6.07) is 11.8. The van der Waals surface area contributed by atoms with Crippen LogP contribution < -0.4 is 14.4 Å². The van der Waals surface area contributed by atoms with Crippen LogP contribution in [-0.4, -0.2) is 33.7 Å². The highest BCUT2D eigenvalue weighted by Crippen LogP contribution is 2.23. The fourth-order valence-corrected chi connectivity index (χ4v) is 3.03. The van der Waals surface area contributed by atoms with Gasteiger partial charge in [0.25, 0.3) is 5.91 Å². The Labute approximate surface area is 165 Å². The summed E-state index contributed by atoms with van der Waals surface area (Å²) in [6.07, 6.45) is 0.908. The molecule has 0 heterocycles. The van der Waals surface area contributed by atoms with Gasteiger partial charge in [-0.2, -0.15) is 0 Å². The van der Waals surface area contributed by atoms with Gasteiger partial charge in [-0.15, -0.1) is 0 Å². The molecule has 8 heteroatoms. The number of anilines is 2. The first-order valence-corrected chi connectivity index (χ1v) is 10.6. The highest BCUT2D eigenvalue weighted by molar-refractivity contribution is 7.92. The minimum atomic E-state index is -3.33. The largest absolute Gasteiger partial charge is 0.481 e. The van der Waals surface area contributed by atoms with E-state index in [2.05, 4.69) is 5.32 Å². The standard InChI is InChI=1S/C19H23ClN2O4S/c1-5-18(19(23)21-17-12-14(20)7-6-13(17)2)26-16-10-8-15(9-11-16)22(3)27(4,24)25/h6-12,18H,5H2,1-4H3,(H,21,23)/t18-/m1/s1. The van der Waals surface area contributed by atoms with E-state index in [0.717, 1.165) is 11.8 Å². The lowest BCUT2D eigenvalue weighted by atomic mass is 10.2. The third-order valence-corrected chi connectivity index (χ3v) is 5.54. The number of nitrogens with zero attached hydrogens (tertiary/aromatic N) is 1. The van der Waals surface area contributed by atoms with Crippen LogP contribution in [0.1, 0.15) is 18.9 Å². The van der Waals surface area contributed by atoms with E-state index in [1.54, 1.807) is 36.4 Å². The molecule has 146 valence electrons. The molecule has 0 radical (unpaired) electrons. The lowest BCUT2D eigenvalue weighted by Crippen LogP contribution is -2.32. The first kappa shape index (κ1) is 21.1. The predicted octanol–water partition coefficient (Wildman–Crippen LogP) is 3.84. The van der Waals surface area contributed by atoms with Crippen LogP contribution in [0.3, 0.4) is 0 Å². The maximum Gasteiger partial charge on any atom is 0.265 e. The molecule has 27 heavy (non-hydrogen) atoms. The van der Waals surface area contributed by atoms with Gasteiger partial charge >= 0.3 is 0 Å².